The largest absolute Gasteiger partial charge is 0.337 e. The maximum atomic E-state index is 14.0. The van der Waals surface area contributed by atoms with Crippen LogP contribution >= 0.6 is 0 Å². The monoisotopic (exact) mass is 277 g/mol. The van der Waals surface area contributed by atoms with Gasteiger partial charge in [-0.2, -0.15) is 0 Å². The van der Waals surface area contributed by atoms with Gasteiger partial charge < -0.3 is 10.6 Å². The molecule has 2 saturated heterocycles. The third-order valence-corrected chi connectivity index (χ3v) is 4.45. The SMILES string of the molecule is NCC(c1ccccc1F)N1CCN2C(=O)CCC2C1. The molecule has 2 atom stereocenters. The molecule has 0 bridgehead atoms. The lowest BCUT2D eigenvalue weighted by Crippen LogP contribution is -2.53. The number of amides is 1. The Kier molecular flexibility index (Phi) is 3.72. The summed E-state index contributed by atoms with van der Waals surface area (Å²) >= 11 is 0. The fourth-order valence-corrected chi connectivity index (χ4v) is 3.39. The molecular formula is C15H20FN3O. The zero-order valence-electron chi connectivity index (χ0n) is 11.5. The van der Waals surface area contributed by atoms with Crippen LogP contribution in [0.4, 0.5) is 4.39 Å². The van der Waals surface area contributed by atoms with E-state index < -0.39 is 0 Å². The highest BCUT2D eigenvalue weighted by atomic mass is 19.1. The molecule has 0 aromatic heterocycles. The third-order valence-electron chi connectivity index (χ3n) is 4.45. The molecule has 108 valence electrons. The number of fused-ring (bicyclic) bond motifs is 1. The van der Waals surface area contributed by atoms with E-state index in [-0.39, 0.29) is 23.8 Å². The third kappa shape index (κ3) is 2.31. The van der Waals surface area contributed by atoms with Gasteiger partial charge in [-0.25, -0.2) is 4.39 Å². The Labute approximate surface area is 118 Å². The minimum absolute atomic E-state index is 0.103. The van der Waals surface area contributed by atoms with E-state index in [9.17, 15) is 9.18 Å². The molecule has 0 radical (unpaired) electrons. The Hall–Kier alpha value is -1.46. The van der Waals surface area contributed by atoms with Gasteiger partial charge in [-0.3, -0.25) is 9.69 Å². The van der Waals surface area contributed by atoms with E-state index in [2.05, 4.69) is 4.90 Å². The van der Waals surface area contributed by atoms with Crippen LogP contribution in [0.2, 0.25) is 0 Å². The van der Waals surface area contributed by atoms with Crippen LogP contribution in [0, 0.1) is 5.82 Å². The minimum atomic E-state index is -0.201. The van der Waals surface area contributed by atoms with Gasteiger partial charge in [0.05, 0.1) is 6.04 Å². The molecule has 0 aliphatic carbocycles. The minimum Gasteiger partial charge on any atom is -0.337 e. The molecule has 1 aromatic rings. The number of carbonyl (C=O) groups excluding carboxylic acids is 1. The van der Waals surface area contributed by atoms with Crippen molar-refractivity contribution in [2.24, 2.45) is 5.73 Å². The first-order valence-corrected chi connectivity index (χ1v) is 7.18. The maximum absolute atomic E-state index is 14.0. The second-order valence-electron chi connectivity index (χ2n) is 5.55. The van der Waals surface area contributed by atoms with Gasteiger partial charge in [0.1, 0.15) is 5.82 Å². The van der Waals surface area contributed by atoms with Gasteiger partial charge in [-0.15, -0.1) is 0 Å². The second kappa shape index (κ2) is 5.50. The van der Waals surface area contributed by atoms with Crippen molar-refractivity contribution in [1.82, 2.24) is 9.80 Å². The Morgan fingerprint density at radius 2 is 2.15 bits per heavy atom. The Balaban J connectivity index is 1.78. The summed E-state index contributed by atoms with van der Waals surface area (Å²) in [5, 5.41) is 0. The highest BCUT2D eigenvalue weighted by Gasteiger charge is 2.37. The Bertz CT molecular complexity index is 508. The second-order valence-corrected chi connectivity index (χ2v) is 5.55. The molecule has 3 rings (SSSR count). The lowest BCUT2D eigenvalue weighted by Gasteiger charge is -2.41. The fourth-order valence-electron chi connectivity index (χ4n) is 3.39. The quantitative estimate of drug-likeness (QED) is 0.901. The lowest BCUT2D eigenvalue weighted by atomic mass is 10.0. The van der Waals surface area contributed by atoms with E-state index in [1.165, 1.54) is 6.07 Å². The highest BCUT2D eigenvalue weighted by Crippen LogP contribution is 2.29. The van der Waals surface area contributed by atoms with Crippen molar-refractivity contribution in [3.8, 4) is 0 Å². The van der Waals surface area contributed by atoms with Crippen LogP contribution in [0.3, 0.4) is 0 Å². The summed E-state index contributed by atoms with van der Waals surface area (Å²) in [6, 6.07) is 6.99. The topological polar surface area (TPSA) is 49.6 Å². The predicted molar refractivity (Wildman–Crippen MR) is 74.5 cm³/mol. The Morgan fingerprint density at radius 1 is 1.35 bits per heavy atom. The van der Waals surface area contributed by atoms with Gasteiger partial charge in [0.2, 0.25) is 5.91 Å². The molecule has 2 unspecified atom stereocenters. The number of nitrogens with zero attached hydrogens (tertiary/aromatic N) is 2. The normalized spacial score (nSPS) is 24.8. The number of halogens is 1. The smallest absolute Gasteiger partial charge is 0.222 e. The van der Waals surface area contributed by atoms with Crippen molar-refractivity contribution < 1.29 is 9.18 Å². The van der Waals surface area contributed by atoms with Crippen LogP contribution in [0.5, 0.6) is 0 Å². The summed E-state index contributed by atoms with van der Waals surface area (Å²) in [5.41, 5.74) is 6.54. The van der Waals surface area contributed by atoms with Crippen LogP contribution in [0.25, 0.3) is 0 Å². The van der Waals surface area contributed by atoms with Crippen molar-refractivity contribution in [3.05, 3.63) is 35.6 Å². The van der Waals surface area contributed by atoms with Crippen molar-refractivity contribution in [3.63, 3.8) is 0 Å². The molecule has 4 nitrogen and oxygen atoms in total. The average molecular weight is 277 g/mol. The number of nitrogens with two attached hydrogens (primary N) is 1. The predicted octanol–water partition coefficient (Wildman–Crippen LogP) is 1.13. The fraction of sp³-hybridized carbons (Fsp3) is 0.533. The molecule has 2 aliphatic heterocycles. The first kappa shape index (κ1) is 13.5. The summed E-state index contributed by atoms with van der Waals surface area (Å²) in [7, 11) is 0. The van der Waals surface area contributed by atoms with Gasteiger partial charge >= 0.3 is 0 Å². The van der Waals surface area contributed by atoms with Crippen LogP contribution < -0.4 is 5.73 Å². The first-order chi connectivity index (χ1) is 9.70. The van der Waals surface area contributed by atoms with Crippen molar-refractivity contribution in [2.75, 3.05) is 26.2 Å². The molecule has 2 heterocycles. The van der Waals surface area contributed by atoms with Crippen LogP contribution in [-0.2, 0) is 4.79 Å². The number of carbonyl (C=O) groups is 1. The molecule has 0 saturated carbocycles. The number of rotatable bonds is 3. The molecule has 5 heteroatoms. The summed E-state index contributed by atoms with van der Waals surface area (Å²) in [4.78, 5) is 15.9. The van der Waals surface area contributed by atoms with E-state index in [1.54, 1.807) is 12.1 Å². The molecule has 2 aliphatic rings. The van der Waals surface area contributed by atoms with Crippen molar-refractivity contribution in [2.45, 2.75) is 24.9 Å². The molecule has 1 amide bonds. The van der Waals surface area contributed by atoms with Gasteiger partial charge in [-0.05, 0) is 12.5 Å². The summed E-state index contributed by atoms with van der Waals surface area (Å²) in [6.07, 6.45) is 1.55. The van der Waals surface area contributed by atoms with E-state index in [0.29, 0.717) is 18.5 Å². The van der Waals surface area contributed by atoms with E-state index in [4.69, 9.17) is 5.73 Å². The summed E-state index contributed by atoms with van der Waals surface area (Å²) in [6.45, 7) is 2.68. The van der Waals surface area contributed by atoms with Gasteiger partial charge in [0, 0.05) is 44.2 Å². The molecule has 1 aromatic carbocycles. The number of hydrogen-bond donors (Lipinski definition) is 1. The first-order valence-electron chi connectivity index (χ1n) is 7.18. The maximum Gasteiger partial charge on any atom is 0.222 e. The zero-order valence-corrected chi connectivity index (χ0v) is 11.5. The van der Waals surface area contributed by atoms with E-state index in [0.717, 1.165) is 26.1 Å². The summed E-state index contributed by atoms with van der Waals surface area (Å²) in [5.74, 6) is 0.0534. The molecule has 0 spiro atoms. The lowest BCUT2D eigenvalue weighted by molar-refractivity contribution is -0.131. The van der Waals surface area contributed by atoms with E-state index in [1.807, 2.05) is 11.0 Å². The average Bonchev–Trinajstić information content (AvgIpc) is 2.83. The summed E-state index contributed by atoms with van der Waals surface area (Å²) < 4.78 is 14.0. The van der Waals surface area contributed by atoms with Crippen LogP contribution in [0.15, 0.2) is 24.3 Å². The van der Waals surface area contributed by atoms with Gasteiger partial charge in [0.25, 0.3) is 0 Å². The Morgan fingerprint density at radius 3 is 2.90 bits per heavy atom. The van der Waals surface area contributed by atoms with Crippen molar-refractivity contribution in [1.29, 1.82) is 0 Å². The number of piperazine rings is 1. The number of benzene rings is 1. The van der Waals surface area contributed by atoms with Gasteiger partial charge in [-0.1, -0.05) is 18.2 Å². The standard InChI is InChI=1S/C15H20FN3O/c16-13-4-2-1-3-12(13)14(9-17)18-7-8-19-11(10-18)5-6-15(19)20/h1-4,11,14H,5-10,17H2. The van der Waals surface area contributed by atoms with Gasteiger partial charge in [0.15, 0.2) is 0 Å². The molecule has 2 N–H and O–H groups in total. The van der Waals surface area contributed by atoms with Crippen LogP contribution in [0.1, 0.15) is 24.4 Å². The molecular weight excluding hydrogens is 257 g/mol. The highest BCUT2D eigenvalue weighted by molar-refractivity contribution is 5.78. The molecule has 2 fully saturated rings. The van der Waals surface area contributed by atoms with Crippen LogP contribution in [-0.4, -0.2) is 47.9 Å². The molecule has 20 heavy (non-hydrogen) atoms. The van der Waals surface area contributed by atoms with E-state index >= 15 is 0 Å². The van der Waals surface area contributed by atoms with Crippen molar-refractivity contribution >= 4 is 5.91 Å². The zero-order chi connectivity index (χ0) is 14.1. The number of hydrogen-bond acceptors (Lipinski definition) is 3.